The van der Waals surface area contributed by atoms with E-state index in [1.54, 1.807) is 6.33 Å². The van der Waals surface area contributed by atoms with E-state index >= 15 is 0 Å². The number of hydrogen-bond acceptors (Lipinski definition) is 4. The molecule has 7 heteroatoms. The molecule has 1 saturated heterocycles. The molecular weight excluding hydrogens is 365 g/mol. The Labute approximate surface area is 160 Å². The number of piperazine rings is 1. The van der Waals surface area contributed by atoms with Crippen molar-refractivity contribution < 1.29 is 4.39 Å². The van der Waals surface area contributed by atoms with Crippen LogP contribution in [0.25, 0.3) is 21.9 Å². The van der Waals surface area contributed by atoms with E-state index in [4.69, 9.17) is 11.6 Å². The Morgan fingerprint density at radius 2 is 1.67 bits per heavy atom. The minimum Gasteiger partial charge on any atom is -0.368 e. The van der Waals surface area contributed by atoms with Crippen molar-refractivity contribution in [2.45, 2.75) is 0 Å². The van der Waals surface area contributed by atoms with Gasteiger partial charge in [0.2, 0.25) is 0 Å². The van der Waals surface area contributed by atoms with Crippen LogP contribution in [0.5, 0.6) is 0 Å². The van der Waals surface area contributed by atoms with E-state index in [-0.39, 0.29) is 5.82 Å². The molecule has 27 heavy (non-hydrogen) atoms. The minimum absolute atomic E-state index is 0.210. The van der Waals surface area contributed by atoms with Crippen molar-refractivity contribution >= 4 is 45.0 Å². The molecule has 1 N–H and O–H groups in total. The van der Waals surface area contributed by atoms with Crippen molar-refractivity contribution in [3.05, 3.63) is 59.6 Å². The molecule has 0 unspecified atom stereocenters. The number of rotatable bonds is 2. The molecule has 5 rings (SSSR count). The maximum absolute atomic E-state index is 13.1. The van der Waals surface area contributed by atoms with Crippen LogP contribution in [0.1, 0.15) is 0 Å². The van der Waals surface area contributed by atoms with Gasteiger partial charge in [0.05, 0.1) is 5.02 Å². The van der Waals surface area contributed by atoms with Crippen LogP contribution >= 0.6 is 11.6 Å². The van der Waals surface area contributed by atoms with Gasteiger partial charge >= 0.3 is 0 Å². The fourth-order valence-corrected chi connectivity index (χ4v) is 4.02. The predicted molar refractivity (Wildman–Crippen MR) is 107 cm³/mol. The molecule has 4 aromatic rings. The van der Waals surface area contributed by atoms with Crippen LogP contribution in [-0.4, -0.2) is 41.1 Å². The van der Waals surface area contributed by atoms with Gasteiger partial charge in [-0.05, 0) is 36.4 Å². The van der Waals surface area contributed by atoms with Crippen LogP contribution in [0, 0.1) is 5.82 Å². The lowest BCUT2D eigenvalue weighted by Crippen LogP contribution is -2.47. The van der Waals surface area contributed by atoms with Gasteiger partial charge in [-0.25, -0.2) is 14.4 Å². The molecule has 1 aliphatic heterocycles. The number of halogens is 2. The lowest BCUT2D eigenvalue weighted by Gasteiger charge is -2.36. The maximum atomic E-state index is 13.1. The Balaban J connectivity index is 1.46. The summed E-state index contributed by atoms with van der Waals surface area (Å²) in [5.41, 5.74) is 3.77. The Hall–Kier alpha value is -2.86. The summed E-state index contributed by atoms with van der Waals surface area (Å²) in [5.74, 6) is 0.684. The fraction of sp³-hybridized carbons (Fsp3) is 0.200. The van der Waals surface area contributed by atoms with E-state index in [0.29, 0.717) is 5.02 Å². The van der Waals surface area contributed by atoms with Gasteiger partial charge in [0, 0.05) is 42.8 Å². The van der Waals surface area contributed by atoms with E-state index in [1.807, 2.05) is 30.3 Å². The first-order valence-electron chi connectivity index (χ1n) is 8.87. The van der Waals surface area contributed by atoms with Gasteiger partial charge in [-0.3, -0.25) is 0 Å². The zero-order valence-electron chi connectivity index (χ0n) is 14.5. The minimum atomic E-state index is -0.210. The zero-order chi connectivity index (χ0) is 18.4. The summed E-state index contributed by atoms with van der Waals surface area (Å²) in [5, 5.41) is 1.62. The van der Waals surface area contributed by atoms with Crippen molar-refractivity contribution in [3.63, 3.8) is 0 Å². The normalized spacial score (nSPS) is 15.0. The zero-order valence-corrected chi connectivity index (χ0v) is 15.2. The third-order valence-corrected chi connectivity index (χ3v) is 5.42. The quantitative estimate of drug-likeness (QED) is 0.564. The van der Waals surface area contributed by atoms with Crippen molar-refractivity contribution in [3.8, 4) is 0 Å². The maximum Gasteiger partial charge on any atom is 0.156 e. The molecule has 0 aliphatic carbocycles. The summed E-state index contributed by atoms with van der Waals surface area (Å²) in [4.78, 5) is 16.9. The van der Waals surface area contributed by atoms with E-state index < -0.39 is 0 Å². The molecule has 2 aromatic carbocycles. The fourth-order valence-electron chi connectivity index (χ4n) is 3.75. The molecule has 0 atom stereocenters. The van der Waals surface area contributed by atoms with Gasteiger partial charge in [0.25, 0.3) is 0 Å². The lowest BCUT2D eigenvalue weighted by molar-refractivity contribution is 0.624. The highest BCUT2D eigenvalue weighted by Crippen LogP contribution is 2.33. The van der Waals surface area contributed by atoms with Crippen LogP contribution in [0.2, 0.25) is 5.02 Å². The van der Waals surface area contributed by atoms with Crippen molar-refractivity contribution in [2.24, 2.45) is 0 Å². The number of hydrogen-bond donors (Lipinski definition) is 1. The first-order valence-corrected chi connectivity index (χ1v) is 9.25. The number of anilines is 2. The number of aromatic nitrogens is 3. The van der Waals surface area contributed by atoms with Gasteiger partial charge in [-0.15, -0.1) is 0 Å². The molecule has 2 aromatic heterocycles. The summed E-state index contributed by atoms with van der Waals surface area (Å²) < 4.78 is 13.1. The Kier molecular flexibility index (Phi) is 3.86. The third-order valence-electron chi connectivity index (χ3n) is 5.11. The SMILES string of the molecule is Fc1ccc(N2CCN(c3ncnc4c3[nH]c3cccc(Cl)c34)CC2)cc1. The molecule has 5 nitrogen and oxygen atoms in total. The first-order chi connectivity index (χ1) is 13.2. The number of nitrogens with zero attached hydrogens (tertiary/aromatic N) is 4. The second-order valence-corrected chi connectivity index (χ2v) is 7.07. The number of nitrogens with one attached hydrogen (secondary N) is 1. The van der Waals surface area contributed by atoms with Gasteiger partial charge in [-0.2, -0.15) is 0 Å². The van der Waals surface area contributed by atoms with Crippen molar-refractivity contribution in [1.29, 1.82) is 0 Å². The molecule has 136 valence electrons. The Bertz CT molecular complexity index is 1120. The molecular formula is C20H17ClFN5. The average molecular weight is 382 g/mol. The van der Waals surface area contributed by atoms with Crippen LogP contribution in [0.15, 0.2) is 48.8 Å². The molecule has 3 heterocycles. The number of aromatic amines is 1. The molecule has 0 spiro atoms. The summed E-state index contributed by atoms with van der Waals surface area (Å²) in [6, 6.07) is 12.5. The van der Waals surface area contributed by atoms with E-state index in [9.17, 15) is 4.39 Å². The summed E-state index contributed by atoms with van der Waals surface area (Å²) >= 11 is 6.39. The molecule has 0 saturated carbocycles. The van der Waals surface area contributed by atoms with Gasteiger partial charge in [0.1, 0.15) is 23.2 Å². The average Bonchev–Trinajstić information content (AvgIpc) is 3.09. The van der Waals surface area contributed by atoms with E-state index in [1.165, 1.54) is 12.1 Å². The largest absolute Gasteiger partial charge is 0.368 e. The molecule has 0 amide bonds. The summed E-state index contributed by atoms with van der Waals surface area (Å²) in [7, 11) is 0. The van der Waals surface area contributed by atoms with E-state index in [0.717, 1.165) is 59.6 Å². The highest BCUT2D eigenvalue weighted by molar-refractivity contribution is 6.37. The van der Waals surface area contributed by atoms with Crippen molar-refractivity contribution in [2.75, 3.05) is 36.0 Å². The van der Waals surface area contributed by atoms with Crippen LogP contribution in [-0.2, 0) is 0 Å². The summed E-state index contributed by atoms with van der Waals surface area (Å²) in [6.45, 7) is 3.34. The Morgan fingerprint density at radius 3 is 2.44 bits per heavy atom. The number of benzene rings is 2. The highest BCUT2D eigenvalue weighted by atomic mass is 35.5. The number of fused-ring (bicyclic) bond motifs is 3. The molecule has 1 aliphatic rings. The summed E-state index contributed by atoms with van der Waals surface area (Å²) in [6.07, 6.45) is 1.60. The molecule has 0 bridgehead atoms. The van der Waals surface area contributed by atoms with Gasteiger partial charge in [0.15, 0.2) is 5.82 Å². The van der Waals surface area contributed by atoms with Crippen LogP contribution in [0.4, 0.5) is 15.9 Å². The smallest absolute Gasteiger partial charge is 0.156 e. The first kappa shape index (κ1) is 16.3. The number of H-pyrrole nitrogens is 1. The molecule has 1 fully saturated rings. The second-order valence-electron chi connectivity index (χ2n) is 6.66. The Morgan fingerprint density at radius 1 is 0.926 bits per heavy atom. The van der Waals surface area contributed by atoms with Crippen LogP contribution in [0.3, 0.4) is 0 Å². The van der Waals surface area contributed by atoms with Crippen LogP contribution < -0.4 is 9.80 Å². The predicted octanol–water partition coefficient (Wildman–Crippen LogP) is 4.23. The van der Waals surface area contributed by atoms with Gasteiger partial charge in [-0.1, -0.05) is 17.7 Å². The second kappa shape index (κ2) is 6.39. The van der Waals surface area contributed by atoms with Crippen molar-refractivity contribution in [1.82, 2.24) is 15.0 Å². The topological polar surface area (TPSA) is 48.1 Å². The lowest BCUT2D eigenvalue weighted by atomic mass is 10.2. The van der Waals surface area contributed by atoms with E-state index in [2.05, 4.69) is 24.8 Å². The highest BCUT2D eigenvalue weighted by Gasteiger charge is 2.22. The molecule has 0 radical (unpaired) electrons. The monoisotopic (exact) mass is 381 g/mol. The third kappa shape index (κ3) is 2.77. The standard InChI is InChI=1S/C20H17ClFN5/c21-15-2-1-3-16-17(15)18-19(25-16)20(24-12-23-18)27-10-8-26(9-11-27)14-6-4-13(22)5-7-14/h1-7,12,25H,8-11H2. The van der Waals surface area contributed by atoms with Gasteiger partial charge < -0.3 is 14.8 Å².